The molecule has 2 aromatic rings. The molecule has 4 N–H and O–H groups in total. The van der Waals surface area contributed by atoms with E-state index < -0.39 is 0 Å². The van der Waals surface area contributed by atoms with Crippen molar-refractivity contribution in [3.63, 3.8) is 0 Å². The molecule has 16 heavy (non-hydrogen) atoms. The van der Waals surface area contributed by atoms with Crippen molar-refractivity contribution in [1.29, 1.82) is 0 Å². The highest BCUT2D eigenvalue weighted by Crippen LogP contribution is 2.33. The predicted octanol–water partition coefficient (Wildman–Crippen LogP) is 1.87. The van der Waals surface area contributed by atoms with Crippen molar-refractivity contribution in [1.82, 2.24) is 9.97 Å². The first kappa shape index (κ1) is 10.4. The summed E-state index contributed by atoms with van der Waals surface area (Å²) < 4.78 is 0. The van der Waals surface area contributed by atoms with E-state index >= 15 is 0 Å². The minimum absolute atomic E-state index is 0.594. The first-order chi connectivity index (χ1) is 7.74. The zero-order valence-corrected chi connectivity index (χ0v) is 9.14. The fourth-order valence-electron chi connectivity index (χ4n) is 1.74. The largest absolute Gasteiger partial charge is 0.397 e. The lowest BCUT2D eigenvalue weighted by atomic mass is 9.97. The molecule has 1 heterocycles. The van der Waals surface area contributed by atoms with E-state index in [0.29, 0.717) is 11.4 Å². The molecule has 0 radical (unpaired) electrons. The quantitative estimate of drug-likeness (QED) is 0.748. The number of nitrogen functional groups attached to an aromatic ring is 2. The van der Waals surface area contributed by atoms with Crippen molar-refractivity contribution >= 4 is 11.4 Å². The van der Waals surface area contributed by atoms with Crippen LogP contribution in [0.25, 0.3) is 11.1 Å². The van der Waals surface area contributed by atoms with Gasteiger partial charge in [-0.15, -0.1) is 0 Å². The van der Waals surface area contributed by atoms with Crippen molar-refractivity contribution in [2.75, 3.05) is 11.5 Å². The van der Waals surface area contributed by atoms with Gasteiger partial charge in [0.25, 0.3) is 0 Å². The van der Waals surface area contributed by atoms with Crippen LogP contribution in [-0.4, -0.2) is 9.97 Å². The summed E-state index contributed by atoms with van der Waals surface area (Å²) in [6.07, 6.45) is 5.89. The van der Waals surface area contributed by atoms with Crippen LogP contribution < -0.4 is 11.5 Å². The Hall–Kier alpha value is -2.10. The van der Waals surface area contributed by atoms with Crippen LogP contribution in [0.4, 0.5) is 11.4 Å². The maximum atomic E-state index is 6.01. The lowest BCUT2D eigenvalue weighted by Gasteiger charge is -2.12. The van der Waals surface area contributed by atoms with E-state index in [1.807, 2.05) is 12.1 Å². The van der Waals surface area contributed by atoms with Crippen LogP contribution in [-0.2, 0) is 6.42 Å². The molecule has 0 saturated carbocycles. The van der Waals surface area contributed by atoms with E-state index in [-0.39, 0.29) is 0 Å². The van der Waals surface area contributed by atoms with E-state index in [0.717, 1.165) is 23.1 Å². The Kier molecular flexibility index (Phi) is 2.72. The van der Waals surface area contributed by atoms with Crippen LogP contribution in [0.3, 0.4) is 0 Å². The van der Waals surface area contributed by atoms with Gasteiger partial charge in [-0.1, -0.05) is 13.0 Å². The minimum atomic E-state index is 0.594. The van der Waals surface area contributed by atoms with Gasteiger partial charge in [0, 0.05) is 23.5 Å². The summed E-state index contributed by atoms with van der Waals surface area (Å²) in [7, 11) is 0. The third-order valence-electron chi connectivity index (χ3n) is 2.60. The maximum absolute atomic E-state index is 6.01. The molecule has 0 saturated heterocycles. The van der Waals surface area contributed by atoms with Crippen LogP contribution >= 0.6 is 0 Å². The monoisotopic (exact) mass is 214 g/mol. The number of nitrogens with two attached hydrogens (primary N) is 2. The second-order valence-electron chi connectivity index (χ2n) is 3.58. The van der Waals surface area contributed by atoms with Crippen molar-refractivity contribution in [3.8, 4) is 11.1 Å². The first-order valence-electron chi connectivity index (χ1n) is 5.16. The fraction of sp³-hybridized carbons (Fsp3) is 0.167. The Bertz CT molecular complexity index is 494. The number of benzene rings is 1. The van der Waals surface area contributed by atoms with Gasteiger partial charge < -0.3 is 11.5 Å². The Balaban J connectivity index is 2.67. The topological polar surface area (TPSA) is 77.8 Å². The average molecular weight is 214 g/mol. The zero-order valence-electron chi connectivity index (χ0n) is 9.14. The van der Waals surface area contributed by atoms with Gasteiger partial charge in [0.1, 0.15) is 6.33 Å². The van der Waals surface area contributed by atoms with Crippen molar-refractivity contribution in [2.45, 2.75) is 13.3 Å². The lowest BCUT2D eigenvalue weighted by Crippen LogP contribution is -2.01. The molecule has 0 aliphatic heterocycles. The highest BCUT2D eigenvalue weighted by Gasteiger charge is 2.10. The van der Waals surface area contributed by atoms with Crippen LogP contribution in [0.2, 0.25) is 0 Å². The summed E-state index contributed by atoms with van der Waals surface area (Å²) >= 11 is 0. The number of aromatic nitrogens is 2. The molecule has 0 fully saturated rings. The average Bonchev–Trinajstić information content (AvgIpc) is 2.33. The zero-order chi connectivity index (χ0) is 11.5. The molecule has 2 rings (SSSR count). The highest BCUT2D eigenvalue weighted by molar-refractivity contribution is 5.86. The van der Waals surface area contributed by atoms with Crippen molar-refractivity contribution in [3.05, 3.63) is 36.4 Å². The van der Waals surface area contributed by atoms with Gasteiger partial charge in [0.15, 0.2) is 0 Å². The van der Waals surface area contributed by atoms with Crippen LogP contribution in [0, 0.1) is 0 Å². The fourth-order valence-corrected chi connectivity index (χ4v) is 1.74. The molecule has 0 aliphatic rings. The molecule has 1 aromatic heterocycles. The molecule has 0 amide bonds. The second-order valence-corrected chi connectivity index (χ2v) is 3.58. The van der Waals surface area contributed by atoms with E-state index in [4.69, 9.17) is 11.5 Å². The molecular weight excluding hydrogens is 200 g/mol. The number of hydrogen-bond donors (Lipinski definition) is 2. The summed E-state index contributed by atoms with van der Waals surface area (Å²) in [5, 5.41) is 0. The van der Waals surface area contributed by atoms with Gasteiger partial charge in [-0.05, 0) is 18.1 Å². The molecule has 0 unspecified atom stereocenters. The summed E-state index contributed by atoms with van der Waals surface area (Å²) in [5.41, 5.74) is 16.0. The molecule has 0 bridgehead atoms. The highest BCUT2D eigenvalue weighted by atomic mass is 14.8. The van der Waals surface area contributed by atoms with E-state index in [2.05, 4.69) is 16.9 Å². The summed E-state index contributed by atoms with van der Waals surface area (Å²) in [6, 6.07) is 3.83. The minimum Gasteiger partial charge on any atom is -0.397 e. The van der Waals surface area contributed by atoms with Crippen molar-refractivity contribution in [2.24, 2.45) is 0 Å². The van der Waals surface area contributed by atoms with Crippen molar-refractivity contribution < 1.29 is 0 Å². The van der Waals surface area contributed by atoms with Crippen LogP contribution in [0.5, 0.6) is 0 Å². The van der Waals surface area contributed by atoms with Gasteiger partial charge in [0.05, 0.1) is 11.4 Å². The van der Waals surface area contributed by atoms with Crippen LogP contribution in [0.15, 0.2) is 30.9 Å². The summed E-state index contributed by atoms with van der Waals surface area (Å²) in [4.78, 5) is 8.00. The molecule has 1 aromatic carbocycles. The molecule has 82 valence electrons. The molecule has 4 heteroatoms. The van der Waals surface area contributed by atoms with E-state index in [9.17, 15) is 0 Å². The van der Waals surface area contributed by atoms with Gasteiger partial charge >= 0.3 is 0 Å². The summed E-state index contributed by atoms with van der Waals surface area (Å²) in [6.45, 7) is 2.08. The standard InChI is InChI=1S/C12H14N4/c1-2-8-3-4-10(13)12(14)11(8)9-5-15-7-16-6-9/h3-7H,2,13-14H2,1H3. The number of rotatable bonds is 2. The van der Waals surface area contributed by atoms with Gasteiger partial charge in [-0.2, -0.15) is 0 Å². The third kappa shape index (κ3) is 1.69. The van der Waals surface area contributed by atoms with Gasteiger partial charge in [-0.25, -0.2) is 9.97 Å². The summed E-state index contributed by atoms with van der Waals surface area (Å²) in [5.74, 6) is 0. The Morgan fingerprint density at radius 2 is 1.81 bits per heavy atom. The van der Waals surface area contributed by atoms with Gasteiger partial charge in [0.2, 0.25) is 0 Å². The normalized spacial score (nSPS) is 10.3. The number of anilines is 2. The van der Waals surface area contributed by atoms with Gasteiger partial charge in [-0.3, -0.25) is 0 Å². The van der Waals surface area contributed by atoms with Crippen LogP contribution in [0.1, 0.15) is 12.5 Å². The Morgan fingerprint density at radius 1 is 1.12 bits per heavy atom. The maximum Gasteiger partial charge on any atom is 0.115 e. The molecular formula is C12H14N4. The predicted molar refractivity (Wildman–Crippen MR) is 65.7 cm³/mol. The first-order valence-corrected chi connectivity index (χ1v) is 5.16. The molecule has 0 spiro atoms. The third-order valence-corrected chi connectivity index (χ3v) is 2.60. The lowest BCUT2D eigenvalue weighted by molar-refractivity contribution is 1.13. The number of nitrogens with zero attached hydrogens (tertiary/aromatic N) is 2. The van der Waals surface area contributed by atoms with E-state index in [1.165, 1.54) is 6.33 Å². The smallest absolute Gasteiger partial charge is 0.115 e. The Labute approximate surface area is 94.3 Å². The SMILES string of the molecule is CCc1ccc(N)c(N)c1-c1cncnc1. The second kappa shape index (κ2) is 4.18. The molecule has 4 nitrogen and oxygen atoms in total. The Morgan fingerprint density at radius 3 is 2.44 bits per heavy atom. The van der Waals surface area contributed by atoms with E-state index in [1.54, 1.807) is 12.4 Å². The molecule has 0 atom stereocenters. The molecule has 0 aliphatic carbocycles. The number of hydrogen-bond acceptors (Lipinski definition) is 4. The number of aryl methyl sites for hydroxylation is 1.